The minimum Gasteiger partial charge on any atom is -0.298 e. The molecule has 0 aromatic carbocycles. The van der Waals surface area contributed by atoms with E-state index < -0.39 is 14.8 Å². The van der Waals surface area contributed by atoms with E-state index >= 15 is 0 Å². The highest BCUT2D eigenvalue weighted by atomic mass is 32.2. The van der Waals surface area contributed by atoms with Crippen molar-refractivity contribution in [3.8, 4) is 0 Å². The molecule has 4 nitrogen and oxygen atoms in total. The van der Waals surface area contributed by atoms with Crippen LogP contribution < -0.4 is 0 Å². The molecule has 0 atom stereocenters. The molecule has 0 spiro atoms. The summed E-state index contributed by atoms with van der Waals surface area (Å²) in [4.78, 5) is 11.1. The molecule has 0 aromatic rings. The average Bonchev–Trinajstić information content (AvgIpc) is 2.64. The Hall–Kier alpha value is -0.420. The molecule has 0 unspecified atom stereocenters. The number of sulfonamides is 1. The number of carbonyl (C=O) groups excluding carboxylic acids is 1. The third-order valence-electron chi connectivity index (χ3n) is 2.32. The zero-order valence-electron chi connectivity index (χ0n) is 7.49. The zero-order valence-corrected chi connectivity index (χ0v) is 8.31. The lowest BCUT2D eigenvalue weighted by molar-refractivity contribution is -0.117. The van der Waals surface area contributed by atoms with Gasteiger partial charge >= 0.3 is 0 Å². The van der Waals surface area contributed by atoms with Gasteiger partial charge in [0.25, 0.3) is 0 Å². The number of carbonyl (C=O) groups is 1. The number of hydrogen-bond acceptors (Lipinski definition) is 3. The minimum atomic E-state index is -3.38. The second kappa shape index (κ2) is 2.53. The third-order valence-corrected chi connectivity index (χ3v) is 4.96. The van der Waals surface area contributed by atoms with Crippen LogP contribution in [0.4, 0.5) is 0 Å². The van der Waals surface area contributed by atoms with Crippen molar-refractivity contribution in [1.29, 1.82) is 0 Å². The molecule has 5 heteroatoms. The quantitative estimate of drug-likeness (QED) is 0.631. The third kappa shape index (κ3) is 1.08. The second-order valence-electron chi connectivity index (χ2n) is 3.34. The van der Waals surface area contributed by atoms with Crippen LogP contribution in [0.3, 0.4) is 0 Å². The molecule has 0 aliphatic heterocycles. The Morgan fingerprint density at radius 3 is 1.83 bits per heavy atom. The lowest BCUT2D eigenvalue weighted by atomic mass is 10.3. The maximum atomic E-state index is 11.6. The van der Waals surface area contributed by atoms with Crippen LogP contribution in [0, 0.1) is 0 Å². The van der Waals surface area contributed by atoms with Gasteiger partial charge in [0.2, 0.25) is 10.0 Å². The van der Waals surface area contributed by atoms with E-state index in [0.29, 0.717) is 12.8 Å². The van der Waals surface area contributed by atoms with Crippen molar-refractivity contribution < 1.29 is 13.2 Å². The van der Waals surface area contributed by atoms with E-state index in [2.05, 4.69) is 0 Å². The fraction of sp³-hybridized carbons (Fsp3) is 0.857. The largest absolute Gasteiger partial charge is 0.298 e. The van der Waals surface area contributed by atoms with Crippen molar-refractivity contribution in [1.82, 2.24) is 4.31 Å². The summed E-state index contributed by atoms with van der Waals surface area (Å²) in [7, 11) is -0.467. The van der Waals surface area contributed by atoms with Gasteiger partial charge in [-0.2, -0.15) is 0 Å². The zero-order chi connectivity index (χ0) is 9.57. The summed E-state index contributed by atoms with van der Waals surface area (Å²) in [5.41, 5.74) is 0. The molecule has 12 heavy (non-hydrogen) atoms. The van der Waals surface area contributed by atoms with Crippen LogP contribution in [0.15, 0.2) is 0 Å². The van der Waals surface area contributed by atoms with Gasteiger partial charge in [0.05, 0.1) is 0 Å². The first kappa shape index (κ1) is 9.67. The molecule has 0 amide bonds. The van der Waals surface area contributed by atoms with Crippen LogP contribution in [0.2, 0.25) is 0 Å². The van der Waals surface area contributed by atoms with Crippen molar-refractivity contribution in [2.45, 2.75) is 24.5 Å². The molecule has 0 saturated heterocycles. The van der Waals surface area contributed by atoms with Crippen molar-refractivity contribution in [2.24, 2.45) is 0 Å². The molecule has 0 N–H and O–H groups in total. The highest BCUT2D eigenvalue weighted by Crippen LogP contribution is 2.45. The maximum Gasteiger partial charge on any atom is 0.226 e. The summed E-state index contributed by atoms with van der Waals surface area (Å²) in [6.07, 6.45) is 0.950. The number of ketones is 1. The Labute approximate surface area is 72.6 Å². The van der Waals surface area contributed by atoms with Gasteiger partial charge in [-0.05, 0) is 19.8 Å². The summed E-state index contributed by atoms with van der Waals surface area (Å²) in [5.74, 6) is -0.240. The van der Waals surface area contributed by atoms with Gasteiger partial charge in [-0.15, -0.1) is 0 Å². The lowest BCUT2D eigenvalue weighted by Gasteiger charge is -2.17. The fourth-order valence-electron chi connectivity index (χ4n) is 1.25. The maximum absolute atomic E-state index is 11.6. The first-order valence-electron chi connectivity index (χ1n) is 3.78. The molecule has 1 rings (SSSR count). The summed E-state index contributed by atoms with van der Waals surface area (Å²) < 4.78 is 23.2. The SMILES string of the molecule is CC(=O)C1(S(=O)(=O)N(C)C)CC1. The molecule has 1 aliphatic rings. The van der Waals surface area contributed by atoms with Crippen LogP contribution in [-0.4, -0.2) is 37.3 Å². The van der Waals surface area contributed by atoms with Gasteiger partial charge in [0.15, 0.2) is 5.78 Å². The predicted octanol–water partition coefficient (Wildman–Crippen LogP) is -0.000600. The Morgan fingerprint density at radius 2 is 1.75 bits per heavy atom. The first-order chi connectivity index (χ1) is 5.34. The van der Waals surface area contributed by atoms with Gasteiger partial charge in [-0.3, -0.25) is 4.79 Å². The summed E-state index contributed by atoms with van der Waals surface area (Å²) in [6.45, 7) is 1.34. The van der Waals surface area contributed by atoms with Crippen LogP contribution in [0.5, 0.6) is 0 Å². The summed E-state index contributed by atoms with van der Waals surface area (Å²) in [5, 5.41) is 0. The number of rotatable bonds is 3. The van der Waals surface area contributed by atoms with Gasteiger partial charge < -0.3 is 0 Å². The monoisotopic (exact) mass is 191 g/mol. The minimum absolute atomic E-state index is 0.240. The van der Waals surface area contributed by atoms with Gasteiger partial charge in [-0.25, -0.2) is 12.7 Å². The van der Waals surface area contributed by atoms with Gasteiger partial charge in [-0.1, -0.05) is 0 Å². The molecular weight excluding hydrogens is 178 g/mol. The second-order valence-corrected chi connectivity index (χ2v) is 5.80. The number of hydrogen-bond donors (Lipinski definition) is 0. The summed E-state index contributed by atoms with van der Waals surface area (Å²) >= 11 is 0. The van der Waals surface area contributed by atoms with Gasteiger partial charge in [0, 0.05) is 14.1 Å². The standard InChI is InChI=1S/C7H13NO3S/c1-6(9)7(4-5-7)12(10,11)8(2)3/h4-5H2,1-3H3. The highest BCUT2D eigenvalue weighted by Gasteiger charge is 2.59. The molecule has 70 valence electrons. The van der Waals surface area contributed by atoms with Crippen molar-refractivity contribution >= 4 is 15.8 Å². The first-order valence-corrected chi connectivity index (χ1v) is 5.22. The van der Waals surface area contributed by atoms with E-state index in [1.807, 2.05) is 0 Å². The van der Waals surface area contributed by atoms with Crippen LogP contribution in [0.1, 0.15) is 19.8 Å². The van der Waals surface area contributed by atoms with E-state index in [0.717, 1.165) is 4.31 Å². The van der Waals surface area contributed by atoms with E-state index in [4.69, 9.17) is 0 Å². The molecule has 0 radical (unpaired) electrons. The van der Waals surface area contributed by atoms with Crippen LogP contribution in [0.25, 0.3) is 0 Å². The van der Waals surface area contributed by atoms with E-state index in [-0.39, 0.29) is 5.78 Å². The lowest BCUT2D eigenvalue weighted by Crippen LogP contribution is -2.39. The van der Waals surface area contributed by atoms with E-state index in [1.54, 1.807) is 0 Å². The summed E-state index contributed by atoms with van der Waals surface area (Å²) in [6, 6.07) is 0. The molecule has 0 bridgehead atoms. The Kier molecular flexibility index (Phi) is 2.04. The Bertz CT molecular complexity index is 301. The van der Waals surface area contributed by atoms with Crippen molar-refractivity contribution in [3.63, 3.8) is 0 Å². The van der Waals surface area contributed by atoms with Crippen LogP contribution in [-0.2, 0) is 14.8 Å². The molecule has 1 fully saturated rings. The number of Topliss-reactive ketones (excluding diaryl/α,β-unsaturated/α-hetero) is 1. The van der Waals surface area contributed by atoms with E-state index in [1.165, 1.54) is 21.0 Å². The average molecular weight is 191 g/mol. The molecule has 0 heterocycles. The molecular formula is C7H13NO3S. The van der Waals surface area contributed by atoms with E-state index in [9.17, 15) is 13.2 Å². The molecule has 1 saturated carbocycles. The topological polar surface area (TPSA) is 54.5 Å². The Balaban J connectivity index is 3.06. The number of nitrogens with zero attached hydrogens (tertiary/aromatic N) is 1. The fourth-order valence-corrected chi connectivity index (χ4v) is 2.93. The van der Waals surface area contributed by atoms with Crippen molar-refractivity contribution in [2.75, 3.05) is 14.1 Å². The molecule has 1 aliphatic carbocycles. The van der Waals surface area contributed by atoms with Crippen molar-refractivity contribution in [3.05, 3.63) is 0 Å². The smallest absolute Gasteiger partial charge is 0.226 e. The predicted molar refractivity (Wildman–Crippen MR) is 45.3 cm³/mol. The van der Waals surface area contributed by atoms with Gasteiger partial charge in [0.1, 0.15) is 4.75 Å². The Morgan fingerprint density at radius 1 is 1.33 bits per heavy atom. The molecule has 0 aromatic heterocycles. The normalized spacial score (nSPS) is 21.0. The van der Waals surface area contributed by atoms with Crippen LogP contribution >= 0.6 is 0 Å². The highest BCUT2D eigenvalue weighted by molar-refractivity contribution is 7.91.